The molecule has 0 fully saturated rings. The van der Waals surface area contributed by atoms with Crippen LogP contribution in [0.5, 0.6) is 0 Å². The van der Waals surface area contributed by atoms with Gasteiger partial charge in [0.15, 0.2) is 0 Å². The number of nitrogens with one attached hydrogen (secondary N) is 1. The first-order valence-electron chi connectivity index (χ1n) is 7.31. The molecule has 1 aromatic carbocycles. The van der Waals surface area contributed by atoms with Crippen LogP contribution in [0.2, 0.25) is 0 Å². The molecule has 0 radical (unpaired) electrons. The Morgan fingerprint density at radius 3 is 3.05 bits per heavy atom. The molecule has 0 unspecified atom stereocenters. The molecule has 3 nitrogen and oxygen atoms in total. The summed E-state index contributed by atoms with van der Waals surface area (Å²) in [6, 6.07) is 8.92. The maximum Gasteiger partial charge on any atom is 0.123 e. The molecule has 106 valence electrons. The van der Waals surface area contributed by atoms with Crippen LogP contribution in [-0.4, -0.2) is 13.6 Å². The monoisotopic (exact) mass is 270 g/mol. The van der Waals surface area contributed by atoms with Crippen molar-refractivity contribution in [2.45, 2.75) is 32.9 Å². The van der Waals surface area contributed by atoms with Gasteiger partial charge in [0, 0.05) is 24.3 Å². The van der Waals surface area contributed by atoms with Crippen molar-refractivity contribution in [3.05, 3.63) is 53.0 Å². The zero-order valence-corrected chi connectivity index (χ0v) is 12.3. The van der Waals surface area contributed by atoms with E-state index in [-0.39, 0.29) is 0 Å². The number of nitrogens with zero attached hydrogens (tertiary/aromatic N) is 1. The van der Waals surface area contributed by atoms with Crippen LogP contribution in [0.15, 0.2) is 34.9 Å². The second-order valence-electron chi connectivity index (χ2n) is 5.61. The summed E-state index contributed by atoms with van der Waals surface area (Å²) in [6.07, 6.45) is 4.27. The molecule has 2 heterocycles. The SMILES string of the molecule is CNCc1coc(CN2CCCc3cc(C)ccc32)c1. The molecule has 1 N–H and O–H groups in total. The fourth-order valence-electron chi connectivity index (χ4n) is 2.96. The first kappa shape index (κ1) is 13.3. The highest BCUT2D eigenvalue weighted by Crippen LogP contribution is 2.29. The zero-order chi connectivity index (χ0) is 13.9. The lowest BCUT2D eigenvalue weighted by molar-refractivity contribution is 0.495. The summed E-state index contributed by atoms with van der Waals surface area (Å²) in [4.78, 5) is 2.43. The van der Waals surface area contributed by atoms with Gasteiger partial charge in [-0.2, -0.15) is 0 Å². The van der Waals surface area contributed by atoms with Gasteiger partial charge in [-0.25, -0.2) is 0 Å². The molecule has 0 saturated heterocycles. The minimum atomic E-state index is 0.860. The first-order valence-corrected chi connectivity index (χ1v) is 7.31. The summed E-state index contributed by atoms with van der Waals surface area (Å²) < 4.78 is 5.68. The molecule has 0 spiro atoms. The Bertz CT molecular complexity index is 588. The third-order valence-corrected chi connectivity index (χ3v) is 3.89. The van der Waals surface area contributed by atoms with E-state index < -0.39 is 0 Å². The van der Waals surface area contributed by atoms with E-state index in [0.29, 0.717) is 0 Å². The van der Waals surface area contributed by atoms with E-state index in [2.05, 4.69) is 41.4 Å². The van der Waals surface area contributed by atoms with Crippen molar-refractivity contribution in [1.82, 2.24) is 5.32 Å². The van der Waals surface area contributed by atoms with Crippen LogP contribution in [0.4, 0.5) is 5.69 Å². The lowest BCUT2D eigenvalue weighted by atomic mass is 9.99. The number of benzene rings is 1. The molecule has 0 saturated carbocycles. The molecule has 0 atom stereocenters. The molecule has 1 aliphatic rings. The molecule has 20 heavy (non-hydrogen) atoms. The predicted molar refractivity (Wildman–Crippen MR) is 82.0 cm³/mol. The zero-order valence-electron chi connectivity index (χ0n) is 12.3. The van der Waals surface area contributed by atoms with Crippen molar-refractivity contribution in [3.63, 3.8) is 0 Å². The van der Waals surface area contributed by atoms with E-state index >= 15 is 0 Å². The summed E-state index contributed by atoms with van der Waals surface area (Å²) in [5.74, 6) is 1.05. The number of furan rings is 1. The molecular weight excluding hydrogens is 248 g/mol. The molecule has 0 amide bonds. The minimum absolute atomic E-state index is 0.860. The quantitative estimate of drug-likeness (QED) is 0.924. The van der Waals surface area contributed by atoms with E-state index in [0.717, 1.165) is 25.4 Å². The average Bonchev–Trinajstić information content (AvgIpc) is 2.86. The Balaban J connectivity index is 1.78. The van der Waals surface area contributed by atoms with E-state index in [4.69, 9.17) is 4.42 Å². The predicted octanol–water partition coefficient (Wildman–Crippen LogP) is 3.26. The van der Waals surface area contributed by atoms with Gasteiger partial charge in [0.05, 0.1) is 12.8 Å². The molecule has 3 rings (SSSR count). The van der Waals surface area contributed by atoms with Crippen LogP contribution in [0.3, 0.4) is 0 Å². The van der Waals surface area contributed by atoms with Crippen molar-refractivity contribution in [2.75, 3.05) is 18.5 Å². The average molecular weight is 270 g/mol. The van der Waals surface area contributed by atoms with Gasteiger partial charge in [0.2, 0.25) is 0 Å². The standard InChI is InChI=1S/C17H22N2O/c1-13-5-6-17-15(8-13)4-3-7-19(17)11-16-9-14(10-18-2)12-20-16/h5-6,8-9,12,18H,3-4,7,10-11H2,1-2H3. The number of hydrogen-bond donors (Lipinski definition) is 1. The number of anilines is 1. The van der Waals surface area contributed by atoms with Gasteiger partial charge in [-0.15, -0.1) is 0 Å². The van der Waals surface area contributed by atoms with Gasteiger partial charge < -0.3 is 14.6 Å². The van der Waals surface area contributed by atoms with Gasteiger partial charge >= 0.3 is 0 Å². The van der Waals surface area contributed by atoms with Gasteiger partial charge in [-0.3, -0.25) is 0 Å². The van der Waals surface area contributed by atoms with Crippen LogP contribution in [0, 0.1) is 6.92 Å². The van der Waals surface area contributed by atoms with Crippen LogP contribution in [-0.2, 0) is 19.5 Å². The number of rotatable bonds is 4. The van der Waals surface area contributed by atoms with Crippen molar-refractivity contribution < 1.29 is 4.42 Å². The third-order valence-electron chi connectivity index (χ3n) is 3.89. The first-order chi connectivity index (χ1) is 9.76. The molecule has 0 bridgehead atoms. The van der Waals surface area contributed by atoms with Crippen LogP contribution >= 0.6 is 0 Å². The van der Waals surface area contributed by atoms with E-state index in [1.54, 1.807) is 0 Å². The number of aryl methyl sites for hydroxylation is 2. The van der Waals surface area contributed by atoms with Crippen LogP contribution < -0.4 is 10.2 Å². The van der Waals surface area contributed by atoms with Gasteiger partial charge in [0.1, 0.15) is 5.76 Å². The van der Waals surface area contributed by atoms with E-state index in [1.807, 2.05) is 13.3 Å². The molecule has 1 aromatic heterocycles. The second-order valence-corrected chi connectivity index (χ2v) is 5.61. The minimum Gasteiger partial charge on any atom is -0.467 e. The van der Waals surface area contributed by atoms with Crippen LogP contribution in [0.1, 0.15) is 28.9 Å². The Kier molecular flexibility index (Phi) is 3.79. The van der Waals surface area contributed by atoms with E-state index in [9.17, 15) is 0 Å². The summed E-state index contributed by atoms with van der Waals surface area (Å²) in [7, 11) is 1.95. The Morgan fingerprint density at radius 1 is 1.30 bits per heavy atom. The molecule has 0 aliphatic carbocycles. The van der Waals surface area contributed by atoms with Crippen molar-refractivity contribution in [3.8, 4) is 0 Å². The van der Waals surface area contributed by atoms with Gasteiger partial charge in [-0.1, -0.05) is 17.7 Å². The van der Waals surface area contributed by atoms with Gasteiger partial charge in [-0.05, 0) is 44.5 Å². The third kappa shape index (κ3) is 2.73. The maximum absolute atomic E-state index is 5.68. The van der Waals surface area contributed by atoms with E-state index in [1.165, 1.54) is 35.2 Å². The van der Waals surface area contributed by atoms with Gasteiger partial charge in [0.25, 0.3) is 0 Å². The summed E-state index contributed by atoms with van der Waals surface area (Å²) in [5.41, 5.74) is 5.40. The summed E-state index contributed by atoms with van der Waals surface area (Å²) in [5, 5.41) is 3.15. The van der Waals surface area contributed by atoms with Crippen molar-refractivity contribution in [1.29, 1.82) is 0 Å². The normalized spacial score (nSPS) is 14.4. The highest BCUT2D eigenvalue weighted by atomic mass is 16.3. The Hall–Kier alpha value is -1.74. The molecule has 2 aromatic rings. The largest absolute Gasteiger partial charge is 0.467 e. The number of hydrogen-bond acceptors (Lipinski definition) is 3. The lowest BCUT2D eigenvalue weighted by Gasteiger charge is -2.30. The lowest BCUT2D eigenvalue weighted by Crippen LogP contribution is -2.28. The topological polar surface area (TPSA) is 28.4 Å². The second kappa shape index (κ2) is 5.71. The van der Waals surface area contributed by atoms with Crippen molar-refractivity contribution in [2.24, 2.45) is 0 Å². The summed E-state index contributed by atoms with van der Waals surface area (Å²) in [6.45, 7) is 4.99. The van der Waals surface area contributed by atoms with Crippen LogP contribution in [0.25, 0.3) is 0 Å². The summed E-state index contributed by atoms with van der Waals surface area (Å²) >= 11 is 0. The Morgan fingerprint density at radius 2 is 2.20 bits per heavy atom. The fraction of sp³-hybridized carbons (Fsp3) is 0.412. The fourth-order valence-corrected chi connectivity index (χ4v) is 2.96. The highest BCUT2D eigenvalue weighted by Gasteiger charge is 2.18. The molecule has 1 aliphatic heterocycles. The van der Waals surface area contributed by atoms with Crippen molar-refractivity contribution >= 4 is 5.69 Å². The Labute approximate surface area is 120 Å². The molecule has 3 heteroatoms. The maximum atomic E-state index is 5.68. The smallest absolute Gasteiger partial charge is 0.123 e. The number of fused-ring (bicyclic) bond motifs is 1. The highest BCUT2D eigenvalue weighted by molar-refractivity contribution is 5.56. The molecular formula is C17H22N2O.